The summed E-state index contributed by atoms with van der Waals surface area (Å²) in [6, 6.07) is 20.7. The number of fused-ring (bicyclic) bond motifs is 1. The van der Waals surface area contributed by atoms with Crippen molar-refractivity contribution in [2.75, 3.05) is 0 Å². The highest BCUT2D eigenvalue weighted by molar-refractivity contribution is 5.92. The second-order valence-electron chi connectivity index (χ2n) is 5.21. The van der Waals surface area contributed by atoms with Gasteiger partial charge in [0.1, 0.15) is 11.5 Å². The van der Waals surface area contributed by atoms with Gasteiger partial charge in [-0.2, -0.15) is 0 Å². The quantitative estimate of drug-likeness (QED) is 0.495. The third-order valence-electron chi connectivity index (χ3n) is 3.34. The first kappa shape index (κ1) is 22.5. The third-order valence-corrected chi connectivity index (χ3v) is 3.34. The van der Waals surface area contributed by atoms with Gasteiger partial charge >= 0.3 is 0 Å². The van der Waals surface area contributed by atoms with Gasteiger partial charge in [0.25, 0.3) is 0 Å². The molecule has 0 heterocycles. The maximum atomic E-state index is 9.38. The first-order valence-corrected chi connectivity index (χ1v) is 9.04. The van der Waals surface area contributed by atoms with Crippen LogP contribution in [0.3, 0.4) is 0 Å². The molecule has 0 radical (unpaired) electrons. The lowest BCUT2D eigenvalue weighted by molar-refractivity contribution is 0.475. The van der Waals surface area contributed by atoms with E-state index < -0.39 is 0 Å². The molecule has 3 rings (SSSR count). The minimum atomic E-state index is 0.198. The van der Waals surface area contributed by atoms with Crippen molar-refractivity contribution in [1.82, 2.24) is 0 Å². The van der Waals surface area contributed by atoms with Crippen molar-refractivity contribution >= 4 is 10.8 Å². The summed E-state index contributed by atoms with van der Waals surface area (Å²) >= 11 is 0. The predicted molar refractivity (Wildman–Crippen MR) is 111 cm³/mol. The molecule has 3 aromatic carbocycles. The molecule has 0 saturated heterocycles. The van der Waals surface area contributed by atoms with Crippen molar-refractivity contribution in [1.29, 1.82) is 0 Å². The van der Waals surface area contributed by atoms with Gasteiger partial charge < -0.3 is 10.2 Å². The van der Waals surface area contributed by atoms with Crippen LogP contribution in [0.2, 0.25) is 0 Å². The first-order chi connectivity index (χ1) is 12.1. The average molecular weight is 341 g/mol. The Kier molecular flexibility index (Phi) is 11.6. The number of aromatic hydroxyl groups is 2. The third kappa shape index (κ3) is 7.30. The molecule has 0 fully saturated rings. The van der Waals surface area contributed by atoms with E-state index >= 15 is 0 Å². The Labute approximate surface area is 152 Å². The van der Waals surface area contributed by atoms with Crippen LogP contribution in [0.15, 0.2) is 66.7 Å². The summed E-state index contributed by atoms with van der Waals surface area (Å²) < 4.78 is 0. The van der Waals surface area contributed by atoms with Crippen LogP contribution < -0.4 is 0 Å². The zero-order valence-corrected chi connectivity index (χ0v) is 16.3. The maximum Gasteiger partial charge on any atom is 0.123 e. The van der Waals surface area contributed by atoms with E-state index in [1.165, 1.54) is 5.56 Å². The normalized spacial score (nSPS) is 9.08. The molecule has 2 N–H and O–H groups in total. The molecule has 0 spiro atoms. The minimum absolute atomic E-state index is 0.198. The molecule has 136 valence electrons. The van der Waals surface area contributed by atoms with Crippen molar-refractivity contribution in [3.63, 3.8) is 0 Å². The van der Waals surface area contributed by atoms with Gasteiger partial charge in [0.05, 0.1) is 0 Å². The molecule has 0 bridgehead atoms. The molecule has 25 heavy (non-hydrogen) atoms. The van der Waals surface area contributed by atoms with Crippen LogP contribution in [0.25, 0.3) is 10.8 Å². The van der Waals surface area contributed by atoms with E-state index in [2.05, 4.69) is 38.1 Å². The Balaban J connectivity index is 0.000000396. The summed E-state index contributed by atoms with van der Waals surface area (Å²) in [6.07, 6.45) is 0. The summed E-state index contributed by atoms with van der Waals surface area (Å²) in [5.74, 6) is 1.05. The van der Waals surface area contributed by atoms with Crippen molar-refractivity contribution in [3.05, 3.63) is 72.3 Å². The monoisotopic (exact) mass is 340 g/mol. The van der Waals surface area contributed by atoms with Gasteiger partial charge in [0, 0.05) is 10.8 Å². The minimum Gasteiger partial charge on any atom is -0.507 e. The Bertz CT molecular complexity index is 662. The number of benzene rings is 3. The van der Waals surface area contributed by atoms with Gasteiger partial charge in [-0.3, -0.25) is 0 Å². The van der Waals surface area contributed by atoms with Crippen molar-refractivity contribution < 1.29 is 10.2 Å². The van der Waals surface area contributed by atoms with Crippen LogP contribution in [-0.4, -0.2) is 10.2 Å². The molecular weight excluding hydrogens is 308 g/mol. The molecule has 0 aliphatic rings. The van der Waals surface area contributed by atoms with Gasteiger partial charge in [0.15, 0.2) is 0 Å². The zero-order valence-electron chi connectivity index (χ0n) is 16.3. The van der Waals surface area contributed by atoms with Crippen LogP contribution in [0.5, 0.6) is 11.5 Å². The Morgan fingerprint density at radius 3 is 1.28 bits per heavy atom. The second-order valence-corrected chi connectivity index (χ2v) is 5.21. The standard InChI is InChI=1S/C10H8O2.C9H12.2C2H6/c11-9-5-1-3-7-8(9)4-2-6-10(7)12;1-8(2)9-6-4-3-5-7-9;2*1-2/h1-6,11-12H;3-8H,1-2H3;2*1-2H3. The second kappa shape index (κ2) is 12.9. The highest BCUT2D eigenvalue weighted by atomic mass is 16.3. The molecular formula is C23H32O2. The highest BCUT2D eigenvalue weighted by Crippen LogP contribution is 2.29. The summed E-state index contributed by atoms with van der Waals surface area (Å²) in [6.45, 7) is 12.4. The molecule has 0 aliphatic heterocycles. The van der Waals surface area contributed by atoms with E-state index in [4.69, 9.17) is 0 Å². The molecule has 0 unspecified atom stereocenters. The van der Waals surface area contributed by atoms with E-state index in [9.17, 15) is 10.2 Å². The maximum absolute atomic E-state index is 9.38. The lowest BCUT2D eigenvalue weighted by Gasteiger charge is -2.01. The number of hydrogen-bond acceptors (Lipinski definition) is 2. The van der Waals surface area contributed by atoms with Crippen LogP contribution in [0, 0.1) is 0 Å². The fraction of sp³-hybridized carbons (Fsp3) is 0.304. The van der Waals surface area contributed by atoms with Crippen molar-refractivity contribution in [2.45, 2.75) is 47.5 Å². The fourth-order valence-corrected chi connectivity index (χ4v) is 2.11. The molecule has 0 atom stereocenters. The Morgan fingerprint density at radius 1 is 0.560 bits per heavy atom. The highest BCUT2D eigenvalue weighted by Gasteiger charge is 2.00. The van der Waals surface area contributed by atoms with E-state index in [1.54, 1.807) is 36.4 Å². The summed E-state index contributed by atoms with van der Waals surface area (Å²) in [4.78, 5) is 0. The van der Waals surface area contributed by atoms with Crippen LogP contribution in [0.1, 0.15) is 53.0 Å². The number of hydrogen-bond donors (Lipinski definition) is 2. The SMILES string of the molecule is CC.CC.CC(C)c1ccccc1.Oc1cccc2c(O)cccc12. The van der Waals surface area contributed by atoms with Crippen molar-refractivity contribution in [2.24, 2.45) is 0 Å². The predicted octanol–water partition coefficient (Wildman–Crippen LogP) is 7.11. The number of rotatable bonds is 1. The molecule has 0 aromatic heterocycles. The van der Waals surface area contributed by atoms with Gasteiger partial charge in [-0.1, -0.05) is 96.1 Å². The fourth-order valence-electron chi connectivity index (χ4n) is 2.11. The molecule has 0 saturated carbocycles. The Morgan fingerprint density at radius 2 is 0.960 bits per heavy atom. The molecule has 2 heteroatoms. The molecule has 0 amide bonds. The largest absolute Gasteiger partial charge is 0.507 e. The van der Waals surface area contributed by atoms with E-state index in [-0.39, 0.29) is 11.5 Å². The van der Waals surface area contributed by atoms with Gasteiger partial charge in [-0.05, 0) is 23.6 Å². The first-order valence-electron chi connectivity index (χ1n) is 9.04. The Hall–Kier alpha value is -2.48. The molecule has 3 aromatic rings. The summed E-state index contributed by atoms with van der Waals surface area (Å²) in [7, 11) is 0. The smallest absolute Gasteiger partial charge is 0.123 e. The zero-order chi connectivity index (χ0) is 19.2. The van der Waals surface area contributed by atoms with Gasteiger partial charge in [-0.25, -0.2) is 0 Å². The van der Waals surface area contributed by atoms with Crippen LogP contribution in [-0.2, 0) is 0 Å². The topological polar surface area (TPSA) is 40.5 Å². The van der Waals surface area contributed by atoms with Crippen molar-refractivity contribution in [3.8, 4) is 11.5 Å². The molecule has 2 nitrogen and oxygen atoms in total. The molecule has 0 aliphatic carbocycles. The van der Waals surface area contributed by atoms with Crippen LogP contribution in [0.4, 0.5) is 0 Å². The number of phenols is 2. The summed E-state index contributed by atoms with van der Waals surface area (Å²) in [5, 5.41) is 20.1. The summed E-state index contributed by atoms with van der Waals surface area (Å²) in [5.41, 5.74) is 1.41. The van der Waals surface area contributed by atoms with Crippen LogP contribution >= 0.6 is 0 Å². The lowest BCUT2D eigenvalue weighted by Crippen LogP contribution is -1.83. The van der Waals surface area contributed by atoms with E-state index in [1.807, 2.05) is 33.8 Å². The van der Waals surface area contributed by atoms with E-state index in [0.717, 1.165) is 0 Å². The number of phenolic OH excluding ortho intramolecular Hbond substituents is 2. The van der Waals surface area contributed by atoms with E-state index in [0.29, 0.717) is 16.7 Å². The van der Waals surface area contributed by atoms with Gasteiger partial charge in [-0.15, -0.1) is 0 Å². The lowest BCUT2D eigenvalue weighted by atomic mass is 10.0. The average Bonchev–Trinajstić information content (AvgIpc) is 2.67. The van der Waals surface area contributed by atoms with Gasteiger partial charge in [0.2, 0.25) is 0 Å².